The number of hydrogen-bond acceptors (Lipinski definition) is 4. The zero-order valence-electron chi connectivity index (χ0n) is 16.8. The lowest BCUT2D eigenvalue weighted by molar-refractivity contribution is -0.135. The van der Waals surface area contributed by atoms with E-state index in [0.29, 0.717) is 17.9 Å². The zero-order chi connectivity index (χ0) is 19.6. The van der Waals surface area contributed by atoms with E-state index in [1.807, 2.05) is 0 Å². The number of nitrogens with zero attached hydrogens (tertiary/aromatic N) is 1. The van der Waals surface area contributed by atoms with Crippen molar-refractivity contribution in [3.05, 3.63) is 71.8 Å². The Labute approximate surface area is 172 Å². The molecule has 3 saturated heterocycles. The topological polar surface area (TPSA) is 56.4 Å². The maximum Gasteiger partial charge on any atom is 0.239 e. The summed E-state index contributed by atoms with van der Waals surface area (Å²) >= 11 is 0. The molecule has 5 heteroatoms. The van der Waals surface area contributed by atoms with Crippen molar-refractivity contribution in [2.24, 2.45) is 5.92 Å². The normalized spacial score (nSPS) is 29.2. The monoisotopic (exact) mass is 390 g/mol. The van der Waals surface area contributed by atoms with Crippen LogP contribution in [0.3, 0.4) is 0 Å². The molecular formula is C24H30N4O. The van der Waals surface area contributed by atoms with E-state index >= 15 is 0 Å². The van der Waals surface area contributed by atoms with Crippen molar-refractivity contribution < 1.29 is 4.79 Å². The molecule has 4 atom stereocenters. The van der Waals surface area contributed by atoms with Gasteiger partial charge in [-0.05, 0) is 36.9 Å². The van der Waals surface area contributed by atoms with Crippen LogP contribution in [-0.4, -0.2) is 48.6 Å². The van der Waals surface area contributed by atoms with Gasteiger partial charge in [0.2, 0.25) is 5.91 Å². The Kier molecular flexibility index (Phi) is 5.36. The summed E-state index contributed by atoms with van der Waals surface area (Å²) < 4.78 is 0. The number of rotatable bonds is 4. The number of nitrogens with one attached hydrogen (secondary N) is 3. The van der Waals surface area contributed by atoms with Crippen LogP contribution < -0.4 is 16.2 Å². The van der Waals surface area contributed by atoms with Crippen LogP contribution in [0.15, 0.2) is 60.7 Å². The summed E-state index contributed by atoms with van der Waals surface area (Å²) in [6.07, 6.45) is 3.08. The van der Waals surface area contributed by atoms with Gasteiger partial charge in [-0.15, -0.1) is 0 Å². The lowest BCUT2D eigenvalue weighted by atomic mass is 9.76. The highest BCUT2D eigenvalue weighted by Gasteiger charge is 2.45. The maximum atomic E-state index is 13.0. The lowest BCUT2D eigenvalue weighted by Gasteiger charge is -2.39. The largest absolute Gasteiger partial charge is 0.341 e. The molecule has 0 saturated carbocycles. The zero-order valence-corrected chi connectivity index (χ0v) is 16.8. The Bertz CT molecular complexity index is 782. The van der Waals surface area contributed by atoms with Gasteiger partial charge in [0.25, 0.3) is 0 Å². The highest BCUT2D eigenvalue weighted by atomic mass is 16.2. The number of hydrogen-bond donors (Lipinski definition) is 3. The number of hydrazine groups is 1. The molecule has 2 aromatic rings. The number of likely N-dealkylation sites (tertiary alicyclic amines) is 1. The first-order chi connectivity index (χ1) is 14.3. The molecule has 0 spiro atoms. The molecule has 5 rings (SSSR count). The first-order valence-electron chi connectivity index (χ1n) is 10.9. The number of benzene rings is 2. The fraction of sp³-hybridized carbons (Fsp3) is 0.458. The van der Waals surface area contributed by atoms with E-state index in [1.54, 1.807) is 0 Å². The van der Waals surface area contributed by atoms with Crippen LogP contribution in [0.1, 0.15) is 36.3 Å². The molecule has 0 radical (unpaired) electrons. The quantitative estimate of drug-likeness (QED) is 0.750. The van der Waals surface area contributed by atoms with Crippen LogP contribution in [0.4, 0.5) is 0 Å². The summed E-state index contributed by atoms with van der Waals surface area (Å²) in [4.78, 5) is 15.1. The van der Waals surface area contributed by atoms with Crippen molar-refractivity contribution in [3.63, 3.8) is 0 Å². The molecule has 0 aromatic heterocycles. The highest BCUT2D eigenvalue weighted by Crippen LogP contribution is 2.37. The molecule has 29 heavy (non-hydrogen) atoms. The number of carbonyl (C=O) groups is 1. The fourth-order valence-corrected chi connectivity index (χ4v) is 5.41. The van der Waals surface area contributed by atoms with E-state index in [9.17, 15) is 4.79 Å². The second-order valence-electron chi connectivity index (χ2n) is 8.61. The molecule has 3 N–H and O–H groups in total. The van der Waals surface area contributed by atoms with Gasteiger partial charge in [0.1, 0.15) is 0 Å². The van der Waals surface area contributed by atoms with E-state index in [0.717, 1.165) is 38.9 Å². The first kappa shape index (κ1) is 18.8. The third kappa shape index (κ3) is 3.70. The number of amides is 1. The third-order valence-corrected chi connectivity index (χ3v) is 6.90. The van der Waals surface area contributed by atoms with Gasteiger partial charge in [-0.25, -0.2) is 0 Å². The van der Waals surface area contributed by atoms with Gasteiger partial charge in [0.05, 0.1) is 6.04 Å². The summed E-state index contributed by atoms with van der Waals surface area (Å²) in [6.45, 7) is 2.63. The summed E-state index contributed by atoms with van der Waals surface area (Å²) in [5.74, 6) is 0.932. The Morgan fingerprint density at radius 3 is 2.24 bits per heavy atom. The van der Waals surface area contributed by atoms with Gasteiger partial charge in [-0.3, -0.25) is 15.6 Å². The fourth-order valence-electron chi connectivity index (χ4n) is 5.41. The first-order valence-corrected chi connectivity index (χ1v) is 10.9. The average molecular weight is 391 g/mol. The van der Waals surface area contributed by atoms with Gasteiger partial charge in [0.15, 0.2) is 0 Å². The van der Waals surface area contributed by atoms with Gasteiger partial charge >= 0.3 is 0 Å². The molecule has 3 fully saturated rings. The number of carbonyl (C=O) groups excluding carboxylic acids is 1. The molecule has 1 amide bonds. The van der Waals surface area contributed by atoms with E-state index in [-0.39, 0.29) is 18.0 Å². The molecule has 5 nitrogen and oxygen atoms in total. The Hall–Kier alpha value is -2.21. The summed E-state index contributed by atoms with van der Waals surface area (Å²) in [5, 5.41) is 3.38. The molecule has 0 bridgehead atoms. The molecule has 152 valence electrons. The van der Waals surface area contributed by atoms with Gasteiger partial charge in [-0.2, -0.15) is 0 Å². The minimum atomic E-state index is 0.0198. The SMILES string of the molecule is O=C([C@H]1CCCN1)N1CCC2NNC(C(c3ccccc3)c3ccccc3)C2C1. The van der Waals surface area contributed by atoms with Crippen molar-refractivity contribution in [3.8, 4) is 0 Å². The Balaban J connectivity index is 1.42. The number of piperidine rings is 1. The predicted molar refractivity (Wildman–Crippen MR) is 114 cm³/mol. The van der Waals surface area contributed by atoms with Crippen LogP contribution in [0.5, 0.6) is 0 Å². The Morgan fingerprint density at radius 1 is 0.931 bits per heavy atom. The molecular weight excluding hydrogens is 360 g/mol. The van der Waals surface area contributed by atoms with E-state index in [4.69, 9.17) is 0 Å². The van der Waals surface area contributed by atoms with Gasteiger partial charge in [0, 0.05) is 37.0 Å². The highest BCUT2D eigenvalue weighted by molar-refractivity contribution is 5.82. The minimum Gasteiger partial charge on any atom is -0.341 e. The number of fused-ring (bicyclic) bond motifs is 1. The summed E-state index contributed by atoms with van der Waals surface area (Å²) in [5.41, 5.74) is 9.81. The Morgan fingerprint density at radius 2 is 1.62 bits per heavy atom. The van der Waals surface area contributed by atoms with Crippen molar-refractivity contribution >= 4 is 5.91 Å². The predicted octanol–water partition coefficient (Wildman–Crippen LogP) is 2.26. The maximum absolute atomic E-state index is 13.0. The summed E-state index contributed by atoms with van der Waals surface area (Å²) in [7, 11) is 0. The average Bonchev–Trinajstić information content (AvgIpc) is 3.45. The standard InChI is InChI=1S/C24H30N4O/c29-24(21-12-7-14-25-21)28-15-13-20-19(16-28)23(27-26-20)22(17-8-3-1-4-9-17)18-10-5-2-6-11-18/h1-6,8-11,19-23,25-27H,7,12-16H2/t19?,20?,21-,23?/m1/s1. The van der Waals surface area contributed by atoms with E-state index in [1.165, 1.54) is 11.1 Å². The molecule has 0 aliphatic carbocycles. The second kappa shape index (κ2) is 8.27. The smallest absolute Gasteiger partial charge is 0.239 e. The molecule has 2 aromatic carbocycles. The summed E-state index contributed by atoms with van der Waals surface area (Å²) in [6, 6.07) is 22.2. The minimum absolute atomic E-state index is 0.0198. The van der Waals surface area contributed by atoms with Crippen LogP contribution in [0.25, 0.3) is 0 Å². The third-order valence-electron chi connectivity index (χ3n) is 6.90. The molecule has 3 aliphatic heterocycles. The van der Waals surface area contributed by atoms with Gasteiger partial charge in [-0.1, -0.05) is 60.7 Å². The van der Waals surface area contributed by atoms with Crippen molar-refractivity contribution in [2.45, 2.75) is 43.3 Å². The van der Waals surface area contributed by atoms with Crippen molar-refractivity contribution in [2.75, 3.05) is 19.6 Å². The molecule has 3 aliphatic rings. The van der Waals surface area contributed by atoms with Crippen molar-refractivity contribution in [1.29, 1.82) is 0 Å². The van der Waals surface area contributed by atoms with E-state index in [2.05, 4.69) is 81.7 Å². The lowest BCUT2D eigenvalue weighted by Crippen LogP contribution is -2.53. The van der Waals surface area contributed by atoms with Crippen LogP contribution in [-0.2, 0) is 4.79 Å². The van der Waals surface area contributed by atoms with Crippen LogP contribution in [0, 0.1) is 5.92 Å². The van der Waals surface area contributed by atoms with Crippen molar-refractivity contribution in [1.82, 2.24) is 21.1 Å². The molecule has 3 heterocycles. The van der Waals surface area contributed by atoms with E-state index < -0.39 is 0 Å². The van der Waals surface area contributed by atoms with Crippen LogP contribution in [0.2, 0.25) is 0 Å². The molecule has 3 unspecified atom stereocenters. The van der Waals surface area contributed by atoms with Crippen LogP contribution >= 0.6 is 0 Å². The second-order valence-corrected chi connectivity index (χ2v) is 8.61. The van der Waals surface area contributed by atoms with Gasteiger partial charge < -0.3 is 10.2 Å².